The minimum atomic E-state index is -4.65. The first kappa shape index (κ1) is 34.6. The smallest absolute Gasteiger partial charge is 0.412 e. The molecule has 1 aliphatic heterocycles. The normalized spacial score (nSPS) is 18.7. The summed E-state index contributed by atoms with van der Waals surface area (Å²) < 4.78 is 113. The molecule has 0 radical (unpaired) electrons. The summed E-state index contributed by atoms with van der Waals surface area (Å²) in [5.74, 6) is -1.21. The van der Waals surface area contributed by atoms with E-state index in [4.69, 9.17) is 0 Å². The summed E-state index contributed by atoms with van der Waals surface area (Å²) >= 11 is 1.26. The number of sulfonamides is 1. The van der Waals surface area contributed by atoms with Gasteiger partial charge in [-0.3, -0.25) is 4.79 Å². The molecule has 18 heteroatoms. The maximum absolute atomic E-state index is 14.6. The minimum absolute atomic E-state index is 0.0845. The van der Waals surface area contributed by atoms with Crippen LogP contribution in [0.2, 0.25) is 0 Å². The van der Waals surface area contributed by atoms with Crippen molar-refractivity contribution in [3.63, 3.8) is 0 Å². The Hall–Kier alpha value is -3.77. The lowest BCUT2D eigenvalue weighted by Gasteiger charge is -2.39. The molecular formula is C29H30F6N6O4S2. The SMILES string of the molecule is CC/C(=C\C=C(/C)S(=O)(=O)N1CCN(c2nc3nc(C4CC4)ncc3s2)C[C@@H]1C(=O)NCc1ccc(OC(F)F)cc1F)C(F)(F)F. The lowest BCUT2D eigenvalue weighted by Crippen LogP contribution is -2.60. The molecule has 0 spiro atoms. The number of allylic oxidation sites excluding steroid dienone is 4. The highest BCUT2D eigenvalue weighted by molar-refractivity contribution is 7.93. The lowest BCUT2D eigenvalue weighted by molar-refractivity contribution is -0.125. The van der Waals surface area contributed by atoms with Crippen LogP contribution in [0.3, 0.4) is 0 Å². The Morgan fingerprint density at radius 3 is 2.57 bits per heavy atom. The van der Waals surface area contributed by atoms with Crippen LogP contribution in [0.25, 0.3) is 10.3 Å². The fourth-order valence-corrected chi connectivity index (χ4v) is 7.24. The minimum Gasteiger partial charge on any atom is -0.435 e. The molecule has 5 rings (SSSR count). The molecule has 2 aliphatic rings. The highest BCUT2D eigenvalue weighted by Gasteiger charge is 2.41. The molecule has 0 bridgehead atoms. The molecule has 47 heavy (non-hydrogen) atoms. The molecule has 0 unspecified atom stereocenters. The Balaban J connectivity index is 1.41. The Labute approximate surface area is 270 Å². The van der Waals surface area contributed by atoms with E-state index in [1.165, 1.54) is 18.3 Å². The summed E-state index contributed by atoms with van der Waals surface area (Å²) in [5, 5.41) is 2.96. The first-order valence-electron chi connectivity index (χ1n) is 14.5. The zero-order chi connectivity index (χ0) is 34.1. The average molecular weight is 705 g/mol. The Kier molecular flexibility index (Phi) is 10.1. The fraction of sp³-hybridized carbons (Fsp3) is 0.448. The van der Waals surface area contributed by atoms with Crippen LogP contribution in [0.1, 0.15) is 50.4 Å². The Morgan fingerprint density at radius 1 is 1.19 bits per heavy atom. The molecule has 1 N–H and O–H groups in total. The number of ether oxygens (including phenoxy) is 1. The number of aromatic nitrogens is 3. The zero-order valence-corrected chi connectivity index (χ0v) is 26.7. The molecule has 1 aliphatic carbocycles. The number of amides is 1. The van der Waals surface area contributed by atoms with Gasteiger partial charge in [0, 0.05) is 49.3 Å². The number of thiazole rings is 1. The maximum atomic E-state index is 14.6. The van der Waals surface area contributed by atoms with Crippen LogP contribution in [0.5, 0.6) is 5.75 Å². The molecular weight excluding hydrogens is 674 g/mol. The van der Waals surface area contributed by atoms with Gasteiger partial charge in [0.2, 0.25) is 15.9 Å². The molecule has 1 aromatic carbocycles. The van der Waals surface area contributed by atoms with Crippen LogP contribution in [-0.4, -0.2) is 72.0 Å². The highest BCUT2D eigenvalue weighted by Crippen LogP contribution is 2.39. The van der Waals surface area contributed by atoms with Crippen molar-refractivity contribution in [3.05, 3.63) is 64.2 Å². The van der Waals surface area contributed by atoms with E-state index < -0.39 is 63.3 Å². The quantitative estimate of drug-likeness (QED) is 0.201. The van der Waals surface area contributed by atoms with E-state index in [1.54, 1.807) is 11.1 Å². The van der Waals surface area contributed by atoms with E-state index in [-0.39, 0.29) is 31.6 Å². The number of hydrogen-bond donors (Lipinski definition) is 1. The fourth-order valence-electron chi connectivity index (χ4n) is 4.90. The van der Waals surface area contributed by atoms with Crippen molar-refractivity contribution in [1.29, 1.82) is 0 Å². The van der Waals surface area contributed by atoms with Gasteiger partial charge in [-0.1, -0.05) is 30.4 Å². The predicted molar refractivity (Wildman–Crippen MR) is 162 cm³/mol. The van der Waals surface area contributed by atoms with E-state index >= 15 is 0 Å². The number of halogens is 6. The highest BCUT2D eigenvalue weighted by atomic mass is 32.2. The molecule has 2 aromatic heterocycles. The molecule has 1 amide bonds. The second-order valence-electron chi connectivity index (χ2n) is 10.9. The van der Waals surface area contributed by atoms with Crippen molar-refractivity contribution in [2.24, 2.45) is 0 Å². The van der Waals surface area contributed by atoms with Gasteiger partial charge >= 0.3 is 12.8 Å². The van der Waals surface area contributed by atoms with Crippen molar-refractivity contribution in [1.82, 2.24) is 24.6 Å². The number of alkyl halides is 5. The van der Waals surface area contributed by atoms with Crippen LogP contribution >= 0.6 is 11.3 Å². The number of anilines is 1. The van der Waals surface area contributed by atoms with Gasteiger partial charge in [0.25, 0.3) is 0 Å². The van der Waals surface area contributed by atoms with Crippen LogP contribution < -0.4 is 15.0 Å². The number of carbonyl (C=O) groups is 1. The van der Waals surface area contributed by atoms with E-state index in [2.05, 4.69) is 25.0 Å². The van der Waals surface area contributed by atoms with Crippen LogP contribution in [0, 0.1) is 5.82 Å². The Bertz CT molecular complexity index is 1810. The first-order valence-corrected chi connectivity index (χ1v) is 16.8. The zero-order valence-electron chi connectivity index (χ0n) is 25.1. The lowest BCUT2D eigenvalue weighted by atomic mass is 10.1. The third-order valence-electron chi connectivity index (χ3n) is 7.69. The predicted octanol–water partition coefficient (Wildman–Crippen LogP) is 5.64. The van der Waals surface area contributed by atoms with E-state index in [1.807, 2.05) is 0 Å². The summed E-state index contributed by atoms with van der Waals surface area (Å²) in [6.45, 7) is -1.48. The van der Waals surface area contributed by atoms with Crippen molar-refractivity contribution < 1.29 is 44.3 Å². The number of rotatable bonds is 11. The monoisotopic (exact) mass is 704 g/mol. The second kappa shape index (κ2) is 13.8. The van der Waals surface area contributed by atoms with Gasteiger partial charge in [0.15, 0.2) is 10.8 Å². The molecule has 1 saturated carbocycles. The van der Waals surface area contributed by atoms with Gasteiger partial charge in [-0.15, -0.1) is 0 Å². The summed E-state index contributed by atoms with van der Waals surface area (Å²) in [6.07, 6.45) is 0.174. The van der Waals surface area contributed by atoms with Gasteiger partial charge in [-0.25, -0.2) is 22.8 Å². The molecule has 3 heterocycles. The molecule has 2 fully saturated rings. The summed E-state index contributed by atoms with van der Waals surface area (Å²) in [5.41, 5.74) is -0.546. The number of fused-ring (bicyclic) bond motifs is 1. The first-order chi connectivity index (χ1) is 22.2. The molecule has 1 saturated heterocycles. The number of nitrogens with zero attached hydrogens (tertiary/aromatic N) is 5. The second-order valence-corrected chi connectivity index (χ2v) is 14.0. The summed E-state index contributed by atoms with van der Waals surface area (Å²) in [4.78, 5) is 28.4. The van der Waals surface area contributed by atoms with E-state index in [0.29, 0.717) is 33.3 Å². The van der Waals surface area contributed by atoms with Crippen molar-refractivity contribution in [2.45, 2.75) is 64.4 Å². The van der Waals surface area contributed by atoms with Gasteiger partial charge in [0.1, 0.15) is 23.4 Å². The topological polar surface area (TPSA) is 118 Å². The van der Waals surface area contributed by atoms with Crippen molar-refractivity contribution >= 4 is 42.7 Å². The van der Waals surface area contributed by atoms with Gasteiger partial charge in [0.05, 0.1) is 15.8 Å². The van der Waals surface area contributed by atoms with Crippen molar-refractivity contribution in [3.8, 4) is 5.75 Å². The van der Waals surface area contributed by atoms with Crippen molar-refractivity contribution in [2.75, 3.05) is 24.5 Å². The standard InChI is InChI=1S/C29H30F6N6O4S2/c1-3-19(29(33,34)35)8-4-16(2)47(43,44)41-11-10-40(28-39-25-23(46-28)14-36-24(38-25)17-5-6-17)15-22(41)26(42)37-13-18-7-9-20(12-21(18)30)45-27(31)32/h4,7-9,12,14,17,22,27H,3,5-6,10-11,13,15H2,1-2H3,(H,37,42)/b16-4+,19-8+/t22-/m1/s1. The third-order valence-corrected chi connectivity index (χ3v) is 10.7. The third kappa shape index (κ3) is 8.03. The number of piperazine rings is 1. The van der Waals surface area contributed by atoms with Crippen LogP contribution in [-0.2, 0) is 21.4 Å². The maximum Gasteiger partial charge on any atom is 0.412 e. The summed E-state index contributed by atoms with van der Waals surface area (Å²) in [6, 6.07) is 1.55. The molecule has 3 aromatic rings. The number of benzene rings is 1. The van der Waals surface area contributed by atoms with E-state index in [0.717, 1.165) is 48.3 Å². The molecule has 10 nitrogen and oxygen atoms in total. The number of nitrogens with one attached hydrogen (secondary N) is 1. The largest absolute Gasteiger partial charge is 0.435 e. The Morgan fingerprint density at radius 2 is 1.94 bits per heavy atom. The number of hydrogen-bond acceptors (Lipinski definition) is 9. The molecule has 254 valence electrons. The van der Waals surface area contributed by atoms with E-state index in [9.17, 15) is 39.6 Å². The number of carbonyl (C=O) groups excluding carboxylic acids is 1. The average Bonchev–Trinajstić information content (AvgIpc) is 3.77. The summed E-state index contributed by atoms with van der Waals surface area (Å²) in [7, 11) is -4.46. The van der Waals surface area contributed by atoms with Gasteiger partial charge in [-0.05, 0) is 38.3 Å². The van der Waals surface area contributed by atoms with Crippen LogP contribution in [0.4, 0.5) is 31.5 Å². The molecule has 1 atom stereocenters. The van der Waals surface area contributed by atoms with Gasteiger partial charge in [-0.2, -0.15) is 31.2 Å². The van der Waals surface area contributed by atoms with Gasteiger partial charge < -0.3 is 15.0 Å². The van der Waals surface area contributed by atoms with Crippen LogP contribution in [0.15, 0.2) is 47.0 Å².